The Bertz CT molecular complexity index is 516. The predicted octanol–water partition coefficient (Wildman–Crippen LogP) is 2.13. The van der Waals surface area contributed by atoms with Gasteiger partial charge in [-0.1, -0.05) is 0 Å². The van der Waals surface area contributed by atoms with Gasteiger partial charge in [-0.15, -0.1) is 0 Å². The van der Waals surface area contributed by atoms with E-state index in [2.05, 4.69) is 27.7 Å². The molecule has 22 heavy (non-hydrogen) atoms. The van der Waals surface area contributed by atoms with Gasteiger partial charge >= 0.3 is 0 Å². The average Bonchev–Trinajstić information content (AvgIpc) is 2.75. The highest BCUT2D eigenvalue weighted by atomic mass is 16.5. The highest BCUT2D eigenvalue weighted by molar-refractivity contribution is 5.10. The quantitative estimate of drug-likeness (QED) is 0.797. The summed E-state index contributed by atoms with van der Waals surface area (Å²) in [4.78, 5) is 2.68. The topological polar surface area (TPSA) is 39.5 Å². The lowest BCUT2D eigenvalue weighted by Gasteiger charge is -2.46. The molecule has 1 atom stereocenters. The Morgan fingerprint density at radius 1 is 1.23 bits per heavy atom. The van der Waals surface area contributed by atoms with Crippen molar-refractivity contribution in [2.24, 2.45) is 0 Å². The number of ether oxygens (including phenoxy) is 2. The Kier molecular flexibility index (Phi) is 3.96. The maximum absolute atomic E-state index is 6.21. The first-order chi connectivity index (χ1) is 10.7. The molecule has 2 fully saturated rings. The van der Waals surface area contributed by atoms with Crippen molar-refractivity contribution in [1.29, 1.82) is 0 Å². The number of aromatic nitrogens is 2. The van der Waals surface area contributed by atoms with Crippen LogP contribution in [-0.4, -0.2) is 52.7 Å². The minimum absolute atomic E-state index is 0.0869. The fourth-order valence-electron chi connectivity index (χ4n) is 4.35. The molecule has 3 aliphatic heterocycles. The Morgan fingerprint density at radius 3 is 2.95 bits per heavy atom. The van der Waals surface area contributed by atoms with E-state index >= 15 is 0 Å². The number of aryl methyl sites for hydroxylation is 2. The molecule has 3 aliphatic rings. The van der Waals surface area contributed by atoms with E-state index < -0.39 is 0 Å². The molecule has 0 saturated carbocycles. The van der Waals surface area contributed by atoms with E-state index in [-0.39, 0.29) is 5.60 Å². The van der Waals surface area contributed by atoms with Crippen LogP contribution in [0.4, 0.5) is 0 Å². The molecule has 0 aromatic carbocycles. The summed E-state index contributed by atoms with van der Waals surface area (Å²) in [6, 6.07) is 2.90. The zero-order valence-corrected chi connectivity index (χ0v) is 13.6. The molecule has 0 bridgehead atoms. The van der Waals surface area contributed by atoms with E-state index in [4.69, 9.17) is 9.47 Å². The van der Waals surface area contributed by atoms with E-state index in [9.17, 15) is 0 Å². The van der Waals surface area contributed by atoms with Gasteiger partial charge in [0.2, 0.25) is 0 Å². The number of fused-ring (bicyclic) bond motifs is 1. The lowest BCUT2D eigenvalue weighted by Crippen LogP contribution is -2.51. The van der Waals surface area contributed by atoms with Gasteiger partial charge in [-0.05, 0) is 45.1 Å². The molecule has 1 unspecified atom stereocenters. The van der Waals surface area contributed by atoms with E-state index in [0.29, 0.717) is 6.04 Å². The summed E-state index contributed by atoms with van der Waals surface area (Å²) in [7, 11) is 0. The Balaban J connectivity index is 1.49. The highest BCUT2D eigenvalue weighted by Crippen LogP contribution is 2.36. The van der Waals surface area contributed by atoms with Crippen LogP contribution in [-0.2, 0) is 22.6 Å². The monoisotopic (exact) mass is 305 g/mol. The van der Waals surface area contributed by atoms with Gasteiger partial charge in [0.15, 0.2) is 0 Å². The maximum atomic E-state index is 6.21. The molecule has 0 aliphatic carbocycles. The molecular formula is C17H27N3O2. The SMILES string of the molecule is Cc1cc2n(n1)CCCN(C1CCOC3(CCOCC3)C1)C2. The van der Waals surface area contributed by atoms with Crippen LogP contribution in [0.25, 0.3) is 0 Å². The minimum Gasteiger partial charge on any atom is -0.381 e. The first-order valence-electron chi connectivity index (χ1n) is 8.73. The molecule has 1 spiro atoms. The van der Waals surface area contributed by atoms with Gasteiger partial charge in [0.05, 0.1) is 17.0 Å². The molecule has 122 valence electrons. The summed E-state index contributed by atoms with van der Waals surface area (Å²) in [6.07, 6.45) is 5.66. The Labute approximate surface area is 132 Å². The van der Waals surface area contributed by atoms with Crippen LogP contribution >= 0.6 is 0 Å². The summed E-state index contributed by atoms with van der Waals surface area (Å²) in [5.74, 6) is 0. The standard InChI is InChI=1S/C17H27N3O2/c1-14-11-16-13-19(6-2-7-20(16)18-14)15-3-8-22-17(12-15)4-9-21-10-5-17/h11,15H,2-10,12-13H2,1H3. The van der Waals surface area contributed by atoms with Gasteiger partial charge in [0, 0.05) is 45.5 Å². The van der Waals surface area contributed by atoms with Crippen molar-refractivity contribution in [2.75, 3.05) is 26.4 Å². The van der Waals surface area contributed by atoms with Crippen LogP contribution in [0.15, 0.2) is 6.07 Å². The number of rotatable bonds is 1. The van der Waals surface area contributed by atoms with Crippen molar-refractivity contribution in [3.05, 3.63) is 17.5 Å². The van der Waals surface area contributed by atoms with Gasteiger partial charge in [0.25, 0.3) is 0 Å². The molecule has 5 heteroatoms. The van der Waals surface area contributed by atoms with Crippen LogP contribution in [0.5, 0.6) is 0 Å². The summed E-state index contributed by atoms with van der Waals surface area (Å²) >= 11 is 0. The summed E-state index contributed by atoms with van der Waals surface area (Å²) in [5, 5.41) is 4.62. The second-order valence-corrected chi connectivity index (χ2v) is 7.11. The van der Waals surface area contributed by atoms with Crippen molar-refractivity contribution in [1.82, 2.24) is 14.7 Å². The minimum atomic E-state index is 0.0869. The van der Waals surface area contributed by atoms with Crippen molar-refractivity contribution < 1.29 is 9.47 Å². The second kappa shape index (κ2) is 5.95. The van der Waals surface area contributed by atoms with Crippen molar-refractivity contribution >= 4 is 0 Å². The summed E-state index contributed by atoms with van der Waals surface area (Å²) in [6.45, 7) is 7.99. The molecule has 1 aromatic heterocycles. The number of hydrogen-bond acceptors (Lipinski definition) is 4. The predicted molar refractivity (Wildman–Crippen MR) is 83.7 cm³/mol. The third-order valence-corrected chi connectivity index (χ3v) is 5.55. The molecular weight excluding hydrogens is 278 g/mol. The zero-order chi connectivity index (χ0) is 15.0. The van der Waals surface area contributed by atoms with Crippen LogP contribution in [0.3, 0.4) is 0 Å². The molecule has 1 aromatic rings. The second-order valence-electron chi connectivity index (χ2n) is 7.11. The largest absolute Gasteiger partial charge is 0.381 e. The first-order valence-corrected chi connectivity index (χ1v) is 8.73. The third-order valence-electron chi connectivity index (χ3n) is 5.55. The van der Waals surface area contributed by atoms with E-state index in [1.54, 1.807) is 0 Å². The first kappa shape index (κ1) is 14.7. The van der Waals surface area contributed by atoms with Crippen LogP contribution in [0, 0.1) is 6.92 Å². The molecule has 0 amide bonds. The van der Waals surface area contributed by atoms with E-state index in [0.717, 1.165) is 57.9 Å². The smallest absolute Gasteiger partial charge is 0.0741 e. The number of hydrogen-bond donors (Lipinski definition) is 0. The average molecular weight is 305 g/mol. The maximum Gasteiger partial charge on any atom is 0.0741 e. The molecule has 0 N–H and O–H groups in total. The number of nitrogens with zero attached hydrogens (tertiary/aromatic N) is 3. The zero-order valence-electron chi connectivity index (χ0n) is 13.6. The van der Waals surface area contributed by atoms with Crippen LogP contribution in [0.1, 0.15) is 43.5 Å². The fourth-order valence-corrected chi connectivity index (χ4v) is 4.35. The molecule has 0 radical (unpaired) electrons. The van der Waals surface area contributed by atoms with Crippen molar-refractivity contribution in [3.8, 4) is 0 Å². The lowest BCUT2D eigenvalue weighted by molar-refractivity contribution is -0.152. The molecule has 4 rings (SSSR count). The fraction of sp³-hybridized carbons (Fsp3) is 0.824. The van der Waals surface area contributed by atoms with Crippen LogP contribution < -0.4 is 0 Å². The van der Waals surface area contributed by atoms with Crippen LogP contribution in [0.2, 0.25) is 0 Å². The highest BCUT2D eigenvalue weighted by Gasteiger charge is 2.41. The van der Waals surface area contributed by atoms with Gasteiger partial charge in [0.1, 0.15) is 0 Å². The molecule has 2 saturated heterocycles. The van der Waals surface area contributed by atoms with Gasteiger partial charge < -0.3 is 9.47 Å². The Morgan fingerprint density at radius 2 is 2.09 bits per heavy atom. The van der Waals surface area contributed by atoms with Gasteiger partial charge in [-0.2, -0.15) is 5.10 Å². The molecule has 4 heterocycles. The lowest BCUT2D eigenvalue weighted by atomic mass is 9.83. The Hall–Kier alpha value is -0.910. The van der Waals surface area contributed by atoms with Gasteiger partial charge in [-0.3, -0.25) is 9.58 Å². The van der Waals surface area contributed by atoms with Gasteiger partial charge in [-0.25, -0.2) is 0 Å². The van der Waals surface area contributed by atoms with E-state index in [1.807, 2.05) is 0 Å². The van der Waals surface area contributed by atoms with Crippen molar-refractivity contribution in [3.63, 3.8) is 0 Å². The third kappa shape index (κ3) is 2.82. The summed E-state index contributed by atoms with van der Waals surface area (Å²) < 4.78 is 14.0. The normalized spacial score (nSPS) is 29.2. The van der Waals surface area contributed by atoms with Crippen molar-refractivity contribution in [2.45, 2.75) is 63.8 Å². The summed E-state index contributed by atoms with van der Waals surface area (Å²) in [5.41, 5.74) is 2.61. The molecule has 5 nitrogen and oxygen atoms in total. The van der Waals surface area contributed by atoms with E-state index in [1.165, 1.54) is 25.1 Å².